The van der Waals surface area contributed by atoms with Crippen LogP contribution in [0.3, 0.4) is 0 Å². The fourth-order valence-electron chi connectivity index (χ4n) is 2.17. The molecule has 2 heterocycles. The fourth-order valence-corrected chi connectivity index (χ4v) is 2.72. The number of benzene rings is 1. The van der Waals surface area contributed by atoms with E-state index in [2.05, 4.69) is 20.9 Å². The molecule has 18 heavy (non-hydrogen) atoms. The average Bonchev–Trinajstić information content (AvgIpc) is 2.71. The third kappa shape index (κ3) is 1.54. The van der Waals surface area contributed by atoms with Gasteiger partial charge in [-0.25, -0.2) is 4.98 Å². The number of non-ortho nitro benzene ring substituents is 1. The number of fused-ring (bicyclic) bond motifs is 2. The summed E-state index contributed by atoms with van der Waals surface area (Å²) in [6.07, 6.45) is 0.806. The third-order valence-electron chi connectivity index (χ3n) is 3.06. The Morgan fingerprint density at radius 2 is 2.28 bits per heavy atom. The molecule has 7 heteroatoms. The predicted molar refractivity (Wildman–Crippen MR) is 68.9 cm³/mol. The topological polar surface area (TPSA) is 78.0 Å². The molecule has 0 amide bonds. The molecule has 0 saturated heterocycles. The van der Waals surface area contributed by atoms with Crippen molar-refractivity contribution in [1.29, 1.82) is 0 Å². The molecule has 1 aromatic heterocycles. The number of nitrogens with zero attached hydrogens (tertiary/aromatic N) is 3. The van der Waals surface area contributed by atoms with Gasteiger partial charge in [0.1, 0.15) is 5.82 Å². The first-order valence-electron chi connectivity index (χ1n) is 5.41. The summed E-state index contributed by atoms with van der Waals surface area (Å²) in [5, 5.41) is 11.0. The Kier molecular flexibility index (Phi) is 2.44. The molecular weight excluding hydrogens is 302 g/mol. The first kappa shape index (κ1) is 11.3. The number of hydrogen-bond donors (Lipinski definition) is 0. The van der Waals surface area contributed by atoms with Gasteiger partial charge in [-0.3, -0.25) is 19.5 Å². The molecule has 0 fully saturated rings. The highest BCUT2D eigenvalue weighted by atomic mass is 79.9. The van der Waals surface area contributed by atoms with Gasteiger partial charge in [-0.05, 0) is 12.5 Å². The molecule has 1 unspecified atom stereocenters. The monoisotopic (exact) mass is 309 g/mol. The number of hydrogen-bond acceptors (Lipinski definition) is 4. The molecule has 0 spiro atoms. The second-order valence-corrected chi connectivity index (χ2v) is 5.25. The van der Waals surface area contributed by atoms with Gasteiger partial charge in [-0.1, -0.05) is 15.9 Å². The van der Waals surface area contributed by atoms with Crippen LogP contribution >= 0.6 is 15.9 Å². The molecule has 6 nitrogen and oxygen atoms in total. The zero-order valence-electron chi connectivity index (χ0n) is 9.17. The maximum absolute atomic E-state index is 12.2. The van der Waals surface area contributed by atoms with Gasteiger partial charge in [0.05, 0.1) is 20.7 Å². The van der Waals surface area contributed by atoms with E-state index in [1.54, 1.807) is 4.57 Å². The first-order valence-corrected chi connectivity index (χ1v) is 6.32. The molecular formula is C11H8BrN3O3. The largest absolute Gasteiger partial charge is 0.295 e. The van der Waals surface area contributed by atoms with Gasteiger partial charge in [0.15, 0.2) is 0 Å². The first-order chi connectivity index (χ1) is 8.58. The number of aromatic nitrogens is 2. The fraction of sp³-hybridized carbons (Fsp3) is 0.273. The van der Waals surface area contributed by atoms with E-state index >= 15 is 0 Å². The Morgan fingerprint density at radius 1 is 1.50 bits per heavy atom. The highest BCUT2D eigenvalue weighted by Gasteiger charge is 2.24. The van der Waals surface area contributed by atoms with E-state index in [1.807, 2.05) is 0 Å². The lowest BCUT2D eigenvalue weighted by Crippen LogP contribution is -2.21. The number of alkyl halides is 1. The van der Waals surface area contributed by atoms with Gasteiger partial charge in [-0.15, -0.1) is 0 Å². The smallest absolute Gasteiger partial charge is 0.270 e. The molecule has 1 aliphatic rings. The maximum Gasteiger partial charge on any atom is 0.270 e. The van der Waals surface area contributed by atoms with Gasteiger partial charge >= 0.3 is 0 Å². The van der Waals surface area contributed by atoms with Crippen LogP contribution in [0.25, 0.3) is 10.9 Å². The molecule has 1 aromatic carbocycles. The van der Waals surface area contributed by atoms with Crippen LogP contribution in [0.4, 0.5) is 5.69 Å². The van der Waals surface area contributed by atoms with Gasteiger partial charge < -0.3 is 0 Å². The minimum absolute atomic E-state index is 0.0739. The Balaban J connectivity index is 2.36. The van der Waals surface area contributed by atoms with Gasteiger partial charge in [0.25, 0.3) is 11.2 Å². The van der Waals surface area contributed by atoms with Crippen LogP contribution in [-0.4, -0.2) is 14.5 Å². The minimum Gasteiger partial charge on any atom is -0.295 e. The van der Waals surface area contributed by atoms with Gasteiger partial charge in [0.2, 0.25) is 0 Å². The van der Waals surface area contributed by atoms with Gasteiger partial charge in [0, 0.05) is 18.7 Å². The lowest BCUT2D eigenvalue weighted by atomic mass is 10.2. The van der Waals surface area contributed by atoms with Crippen molar-refractivity contribution in [3.8, 4) is 0 Å². The summed E-state index contributed by atoms with van der Waals surface area (Å²) < 4.78 is 1.57. The van der Waals surface area contributed by atoms with E-state index in [-0.39, 0.29) is 16.1 Å². The van der Waals surface area contributed by atoms with Crippen LogP contribution in [0.15, 0.2) is 23.0 Å². The molecule has 0 bridgehead atoms. The molecule has 0 N–H and O–H groups in total. The molecule has 0 aliphatic carbocycles. The SMILES string of the molecule is O=c1c2cc([N+](=O)[O-])ccc2nc2n1CCC2Br. The van der Waals surface area contributed by atoms with Crippen molar-refractivity contribution >= 4 is 32.5 Å². The average molecular weight is 310 g/mol. The predicted octanol–water partition coefficient (Wildman–Crippen LogP) is 2.14. The maximum atomic E-state index is 12.2. The molecule has 3 rings (SSSR count). The van der Waals surface area contributed by atoms with Crippen molar-refractivity contribution < 1.29 is 4.92 Å². The minimum atomic E-state index is -0.510. The van der Waals surface area contributed by atoms with Crippen LogP contribution in [0, 0.1) is 10.1 Å². The standard InChI is InChI=1S/C11H8BrN3O3/c12-8-3-4-14-10(8)13-9-2-1-6(15(17)18)5-7(9)11(14)16/h1-2,5,8H,3-4H2. The van der Waals surface area contributed by atoms with Crippen molar-refractivity contribution in [3.05, 3.63) is 44.5 Å². The lowest BCUT2D eigenvalue weighted by molar-refractivity contribution is -0.384. The summed E-state index contributed by atoms with van der Waals surface area (Å²) in [5.41, 5.74) is 0.208. The van der Waals surface area contributed by atoms with Crippen molar-refractivity contribution in [1.82, 2.24) is 9.55 Å². The van der Waals surface area contributed by atoms with Crippen LogP contribution in [0.5, 0.6) is 0 Å². The van der Waals surface area contributed by atoms with E-state index < -0.39 is 4.92 Å². The molecule has 2 aromatic rings. The quantitative estimate of drug-likeness (QED) is 0.459. The third-order valence-corrected chi connectivity index (χ3v) is 3.93. The normalized spacial score (nSPS) is 17.9. The number of halogens is 1. The number of nitro benzene ring substituents is 1. The summed E-state index contributed by atoms with van der Waals surface area (Å²) in [7, 11) is 0. The van der Waals surface area contributed by atoms with Gasteiger partial charge in [-0.2, -0.15) is 0 Å². The summed E-state index contributed by atoms with van der Waals surface area (Å²) in [6.45, 7) is 0.593. The van der Waals surface area contributed by atoms with E-state index in [0.717, 1.165) is 6.42 Å². The van der Waals surface area contributed by atoms with E-state index in [9.17, 15) is 14.9 Å². The molecule has 1 atom stereocenters. The van der Waals surface area contributed by atoms with Crippen LogP contribution in [0.2, 0.25) is 0 Å². The Bertz CT molecular complexity index is 725. The van der Waals surface area contributed by atoms with Crippen molar-refractivity contribution in [2.45, 2.75) is 17.8 Å². The van der Waals surface area contributed by atoms with Crippen LogP contribution in [-0.2, 0) is 6.54 Å². The van der Waals surface area contributed by atoms with E-state index in [1.165, 1.54) is 18.2 Å². The summed E-state index contributed by atoms with van der Waals surface area (Å²) >= 11 is 3.46. The number of nitro groups is 1. The van der Waals surface area contributed by atoms with Crippen molar-refractivity contribution in [2.75, 3.05) is 0 Å². The highest BCUT2D eigenvalue weighted by molar-refractivity contribution is 9.09. The number of rotatable bonds is 1. The van der Waals surface area contributed by atoms with Crippen LogP contribution < -0.4 is 5.56 Å². The zero-order chi connectivity index (χ0) is 12.9. The molecule has 0 saturated carbocycles. The lowest BCUT2D eigenvalue weighted by Gasteiger charge is -2.05. The summed E-state index contributed by atoms with van der Waals surface area (Å²) in [5.74, 6) is 0.696. The van der Waals surface area contributed by atoms with E-state index in [0.29, 0.717) is 23.3 Å². The summed E-state index contributed by atoms with van der Waals surface area (Å²) in [4.78, 5) is 26.9. The van der Waals surface area contributed by atoms with E-state index in [4.69, 9.17) is 0 Å². The molecule has 92 valence electrons. The Labute approximate surface area is 110 Å². The van der Waals surface area contributed by atoms with Crippen LogP contribution in [0.1, 0.15) is 17.1 Å². The Morgan fingerprint density at radius 3 is 3.00 bits per heavy atom. The summed E-state index contributed by atoms with van der Waals surface area (Å²) in [6, 6.07) is 4.18. The highest BCUT2D eigenvalue weighted by Crippen LogP contribution is 2.31. The zero-order valence-corrected chi connectivity index (χ0v) is 10.8. The second-order valence-electron chi connectivity index (χ2n) is 4.14. The molecule has 0 radical (unpaired) electrons. The molecule has 1 aliphatic heterocycles. The van der Waals surface area contributed by atoms with Crippen molar-refractivity contribution in [3.63, 3.8) is 0 Å². The Hall–Kier alpha value is -1.76. The second kappa shape index (κ2) is 3.88. The van der Waals surface area contributed by atoms with Crippen molar-refractivity contribution in [2.24, 2.45) is 0 Å².